The molecular weight excluding hydrogens is 214 g/mol. The zero-order chi connectivity index (χ0) is 12.3. The van der Waals surface area contributed by atoms with Gasteiger partial charge in [-0.1, -0.05) is 30.2 Å². The predicted octanol–water partition coefficient (Wildman–Crippen LogP) is 1.22. The van der Waals surface area contributed by atoms with E-state index in [1.54, 1.807) is 0 Å². The summed E-state index contributed by atoms with van der Waals surface area (Å²) in [5.41, 5.74) is 1.44. The summed E-state index contributed by atoms with van der Waals surface area (Å²) in [5, 5.41) is 12.4. The summed E-state index contributed by atoms with van der Waals surface area (Å²) in [4.78, 5) is 11.5. The molecule has 0 bridgehead atoms. The van der Waals surface area contributed by atoms with E-state index in [0.717, 1.165) is 12.0 Å². The fourth-order valence-electron chi connectivity index (χ4n) is 2.36. The van der Waals surface area contributed by atoms with Gasteiger partial charge in [0.25, 0.3) is 0 Å². The Labute approximate surface area is 101 Å². The van der Waals surface area contributed by atoms with Crippen LogP contribution in [0.3, 0.4) is 0 Å². The Bertz CT molecular complexity index is 475. The van der Waals surface area contributed by atoms with Gasteiger partial charge >= 0.3 is 5.97 Å². The van der Waals surface area contributed by atoms with Crippen molar-refractivity contribution in [3.05, 3.63) is 35.4 Å². The van der Waals surface area contributed by atoms with Gasteiger partial charge in [-0.2, -0.15) is 0 Å². The fraction of sp³-hybridized carbons (Fsp3) is 0.357. The molecule has 2 rings (SSSR count). The summed E-state index contributed by atoms with van der Waals surface area (Å²) in [7, 11) is 0. The van der Waals surface area contributed by atoms with Crippen molar-refractivity contribution in [1.29, 1.82) is 0 Å². The number of nitrogens with one attached hydrogen (secondary N) is 1. The number of benzene rings is 1. The Hall–Kier alpha value is -1.79. The lowest BCUT2D eigenvalue weighted by molar-refractivity contribution is -0.145. The number of carbonyl (C=O) groups is 1. The average Bonchev–Trinajstić information content (AvgIpc) is 2.36. The van der Waals surface area contributed by atoms with E-state index in [-0.39, 0.29) is 6.54 Å². The highest BCUT2D eigenvalue weighted by Crippen LogP contribution is 2.28. The molecule has 1 aliphatic rings. The van der Waals surface area contributed by atoms with Crippen molar-refractivity contribution >= 4 is 5.97 Å². The first-order valence-corrected chi connectivity index (χ1v) is 5.67. The van der Waals surface area contributed by atoms with Crippen LogP contribution in [0.5, 0.6) is 0 Å². The molecule has 88 valence electrons. The molecule has 1 unspecified atom stereocenters. The first-order chi connectivity index (χ1) is 8.18. The van der Waals surface area contributed by atoms with Crippen LogP contribution in [-0.4, -0.2) is 23.2 Å². The molecule has 1 atom stereocenters. The van der Waals surface area contributed by atoms with Crippen LogP contribution in [0.25, 0.3) is 0 Å². The quantitative estimate of drug-likeness (QED) is 0.766. The van der Waals surface area contributed by atoms with Gasteiger partial charge in [-0.25, -0.2) is 0 Å². The smallest absolute Gasteiger partial charge is 0.324 e. The van der Waals surface area contributed by atoms with Crippen LogP contribution in [0.2, 0.25) is 0 Å². The number of hydrogen-bond acceptors (Lipinski definition) is 2. The molecule has 1 aromatic carbocycles. The van der Waals surface area contributed by atoms with Gasteiger partial charge in [0.05, 0.1) is 6.54 Å². The van der Waals surface area contributed by atoms with Gasteiger partial charge in [-0.15, -0.1) is 6.42 Å². The topological polar surface area (TPSA) is 49.3 Å². The maximum atomic E-state index is 11.5. The van der Waals surface area contributed by atoms with Crippen molar-refractivity contribution in [1.82, 2.24) is 5.32 Å². The van der Waals surface area contributed by atoms with Gasteiger partial charge in [0.1, 0.15) is 5.54 Å². The summed E-state index contributed by atoms with van der Waals surface area (Å²) >= 11 is 0. The number of hydrogen-bond donors (Lipinski definition) is 2. The molecule has 3 heteroatoms. The zero-order valence-electron chi connectivity index (χ0n) is 9.57. The third-order valence-corrected chi connectivity index (χ3v) is 3.37. The van der Waals surface area contributed by atoms with Crippen molar-refractivity contribution in [2.75, 3.05) is 6.54 Å². The number of aliphatic carboxylic acids is 1. The second kappa shape index (κ2) is 4.60. The van der Waals surface area contributed by atoms with E-state index in [1.807, 2.05) is 18.2 Å². The highest BCUT2D eigenvalue weighted by atomic mass is 16.4. The molecule has 0 amide bonds. The van der Waals surface area contributed by atoms with E-state index in [4.69, 9.17) is 6.42 Å². The molecule has 2 N–H and O–H groups in total. The summed E-state index contributed by atoms with van der Waals surface area (Å²) in [5.74, 6) is 1.63. The molecule has 0 aromatic heterocycles. The normalized spacial score (nSPS) is 22.5. The fourth-order valence-corrected chi connectivity index (χ4v) is 2.36. The third kappa shape index (κ3) is 2.17. The second-order valence-electron chi connectivity index (χ2n) is 4.39. The SMILES string of the molecule is C#CCNC1(C(=O)O)CCc2ccccc2C1. The summed E-state index contributed by atoms with van der Waals surface area (Å²) in [6.07, 6.45) is 7.06. The van der Waals surface area contributed by atoms with Crippen LogP contribution < -0.4 is 5.32 Å². The average molecular weight is 229 g/mol. The van der Waals surface area contributed by atoms with Crippen LogP contribution in [0, 0.1) is 12.3 Å². The molecule has 0 fully saturated rings. The number of carboxylic acids is 1. The highest BCUT2D eigenvalue weighted by molar-refractivity contribution is 5.80. The van der Waals surface area contributed by atoms with Crippen molar-refractivity contribution in [2.45, 2.75) is 24.8 Å². The Morgan fingerprint density at radius 1 is 1.47 bits per heavy atom. The van der Waals surface area contributed by atoms with Crippen LogP contribution in [-0.2, 0) is 17.6 Å². The molecule has 0 aliphatic heterocycles. The molecule has 3 nitrogen and oxygen atoms in total. The van der Waals surface area contributed by atoms with Crippen molar-refractivity contribution in [3.8, 4) is 12.3 Å². The molecule has 1 aliphatic carbocycles. The van der Waals surface area contributed by atoms with E-state index < -0.39 is 11.5 Å². The maximum Gasteiger partial charge on any atom is 0.324 e. The van der Waals surface area contributed by atoms with Gasteiger partial charge in [-0.05, 0) is 24.0 Å². The number of terminal acetylenes is 1. The third-order valence-electron chi connectivity index (χ3n) is 3.37. The Morgan fingerprint density at radius 3 is 2.82 bits per heavy atom. The van der Waals surface area contributed by atoms with E-state index in [0.29, 0.717) is 12.8 Å². The zero-order valence-corrected chi connectivity index (χ0v) is 9.57. The highest BCUT2D eigenvalue weighted by Gasteiger charge is 2.40. The maximum absolute atomic E-state index is 11.5. The molecule has 0 heterocycles. The molecule has 0 spiro atoms. The Kier molecular flexibility index (Phi) is 3.16. The van der Waals surface area contributed by atoms with Crippen molar-refractivity contribution in [3.63, 3.8) is 0 Å². The van der Waals surface area contributed by atoms with Gasteiger partial charge in [-0.3, -0.25) is 10.1 Å². The standard InChI is InChI=1S/C14H15NO2/c1-2-9-15-14(13(16)17)8-7-11-5-3-4-6-12(11)10-14/h1,3-6,15H,7-10H2,(H,16,17). The van der Waals surface area contributed by atoms with Crippen LogP contribution in [0.1, 0.15) is 17.5 Å². The number of aryl methyl sites for hydroxylation is 1. The van der Waals surface area contributed by atoms with Gasteiger partial charge in [0.2, 0.25) is 0 Å². The van der Waals surface area contributed by atoms with Crippen LogP contribution in [0.4, 0.5) is 0 Å². The van der Waals surface area contributed by atoms with E-state index in [1.165, 1.54) is 5.56 Å². The Morgan fingerprint density at radius 2 is 2.18 bits per heavy atom. The minimum Gasteiger partial charge on any atom is -0.480 e. The number of rotatable bonds is 3. The largest absolute Gasteiger partial charge is 0.480 e. The lowest BCUT2D eigenvalue weighted by Crippen LogP contribution is -2.55. The lowest BCUT2D eigenvalue weighted by Gasteiger charge is -2.34. The van der Waals surface area contributed by atoms with E-state index in [2.05, 4.69) is 17.3 Å². The van der Waals surface area contributed by atoms with E-state index in [9.17, 15) is 9.90 Å². The lowest BCUT2D eigenvalue weighted by atomic mass is 9.78. The summed E-state index contributed by atoms with van der Waals surface area (Å²) in [6.45, 7) is 0.286. The van der Waals surface area contributed by atoms with Crippen LogP contribution >= 0.6 is 0 Å². The van der Waals surface area contributed by atoms with Gasteiger partial charge < -0.3 is 5.11 Å². The minimum absolute atomic E-state index is 0.286. The molecule has 17 heavy (non-hydrogen) atoms. The molecular formula is C14H15NO2. The minimum atomic E-state index is -0.902. The summed E-state index contributed by atoms with van der Waals surface area (Å²) < 4.78 is 0. The molecule has 0 saturated heterocycles. The molecule has 0 saturated carbocycles. The number of fused-ring (bicyclic) bond motifs is 1. The van der Waals surface area contributed by atoms with Gasteiger partial charge in [0.15, 0.2) is 0 Å². The summed E-state index contributed by atoms with van der Waals surface area (Å²) in [6, 6.07) is 7.98. The predicted molar refractivity (Wildman–Crippen MR) is 65.7 cm³/mol. The molecule has 0 radical (unpaired) electrons. The van der Waals surface area contributed by atoms with Gasteiger partial charge in [0, 0.05) is 6.42 Å². The first-order valence-electron chi connectivity index (χ1n) is 5.67. The van der Waals surface area contributed by atoms with E-state index >= 15 is 0 Å². The number of carboxylic acid groups (broad SMARTS) is 1. The Balaban J connectivity index is 2.28. The van der Waals surface area contributed by atoms with Crippen molar-refractivity contribution in [2.24, 2.45) is 0 Å². The van der Waals surface area contributed by atoms with Crippen molar-refractivity contribution < 1.29 is 9.90 Å². The van der Waals surface area contributed by atoms with Crippen LogP contribution in [0.15, 0.2) is 24.3 Å². The molecule has 1 aromatic rings. The first kappa shape index (κ1) is 11.7. The second-order valence-corrected chi connectivity index (χ2v) is 4.39. The monoisotopic (exact) mass is 229 g/mol.